The normalized spacial score (nSPS) is 16.1. The fourth-order valence-corrected chi connectivity index (χ4v) is 6.59. The number of nitrogens with zero attached hydrogens (tertiary/aromatic N) is 4. The molecule has 7 aromatic rings. The van der Waals surface area contributed by atoms with Crippen LogP contribution in [0.5, 0.6) is 5.75 Å². The molecule has 1 aliphatic heterocycles. The number of pyridine rings is 2. The van der Waals surface area contributed by atoms with Gasteiger partial charge in [-0.25, -0.2) is 9.97 Å². The van der Waals surface area contributed by atoms with Gasteiger partial charge in [0.15, 0.2) is 0 Å². The molecule has 234 valence electrons. The summed E-state index contributed by atoms with van der Waals surface area (Å²) in [5.41, 5.74) is 4.47. The zero-order valence-corrected chi connectivity index (χ0v) is 26.0. The first-order chi connectivity index (χ1) is 27.0. The first-order valence-electron chi connectivity index (χ1n) is 20.0. The number of hydrogen-bond acceptors (Lipinski definition) is 5. The third-order valence-corrected chi connectivity index (χ3v) is 8.87. The highest BCUT2D eigenvalue weighted by atomic mass is 16.3. The van der Waals surface area contributed by atoms with Gasteiger partial charge in [-0.2, -0.15) is 0 Å². The van der Waals surface area contributed by atoms with Gasteiger partial charge in [0.05, 0.1) is 28.4 Å². The highest BCUT2D eigenvalue weighted by molar-refractivity contribution is 6.04. The van der Waals surface area contributed by atoms with Gasteiger partial charge in [-0.1, -0.05) is 105 Å². The lowest BCUT2D eigenvalue weighted by molar-refractivity contribution is 0.479. The molecule has 0 fully saturated rings. The molecule has 48 heavy (non-hydrogen) atoms. The maximum atomic E-state index is 11.2. The fourth-order valence-electron chi connectivity index (χ4n) is 6.59. The molecule has 8 rings (SSSR count). The van der Waals surface area contributed by atoms with Crippen LogP contribution in [-0.4, -0.2) is 22.1 Å². The lowest BCUT2D eigenvalue weighted by Crippen LogP contribution is -2.25. The van der Waals surface area contributed by atoms with E-state index in [1.165, 1.54) is 6.07 Å². The minimum atomic E-state index is -3.49. The van der Waals surface area contributed by atoms with E-state index in [2.05, 4.69) is 46.2 Å². The Morgan fingerprint density at radius 1 is 0.646 bits per heavy atom. The highest BCUT2D eigenvalue weighted by Crippen LogP contribution is 2.54. The fraction of sp³-hybridized carbons (Fsp3) is 0.116. The first-order valence-corrected chi connectivity index (χ1v) is 15.5. The van der Waals surface area contributed by atoms with Crippen molar-refractivity contribution in [3.63, 3.8) is 0 Å². The van der Waals surface area contributed by atoms with Gasteiger partial charge in [0.25, 0.3) is 0 Å². The molecule has 0 spiro atoms. The average molecular weight is 634 g/mol. The second kappa shape index (κ2) is 11.4. The summed E-state index contributed by atoms with van der Waals surface area (Å²) in [5, 5.41) is 11.1. The monoisotopic (exact) mass is 633 g/mol. The van der Waals surface area contributed by atoms with Crippen LogP contribution in [0.25, 0.3) is 44.4 Å². The van der Waals surface area contributed by atoms with Crippen LogP contribution in [0.4, 0.5) is 28.6 Å². The third-order valence-electron chi connectivity index (χ3n) is 8.87. The molecule has 5 nitrogen and oxygen atoms in total. The molecule has 0 unspecified atom stereocenters. The van der Waals surface area contributed by atoms with E-state index in [1.54, 1.807) is 12.3 Å². The Morgan fingerprint density at radius 3 is 2.10 bits per heavy atom. The van der Waals surface area contributed by atoms with Crippen molar-refractivity contribution in [2.75, 3.05) is 16.8 Å². The summed E-state index contributed by atoms with van der Waals surface area (Å²) >= 11 is 0. The summed E-state index contributed by atoms with van der Waals surface area (Å²) in [4.78, 5) is 13.8. The maximum Gasteiger partial charge on any atom is 0.141 e. The largest absolute Gasteiger partial charge is 0.506 e. The topological polar surface area (TPSA) is 52.5 Å². The maximum absolute atomic E-state index is 11.2. The van der Waals surface area contributed by atoms with Crippen LogP contribution in [0.15, 0.2) is 140 Å². The third kappa shape index (κ3) is 4.96. The molecular weight excluding hydrogens is 589 g/mol. The number of phenols is 1. The second-order valence-corrected chi connectivity index (χ2v) is 11.9. The van der Waals surface area contributed by atoms with Gasteiger partial charge in [-0.15, -0.1) is 0 Å². The average Bonchev–Trinajstić information content (AvgIpc) is 3.18. The Bertz CT molecular complexity index is 2590. The summed E-state index contributed by atoms with van der Waals surface area (Å²) in [5.74, 6) is 0.301. The molecule has 5 aromatic carbocycles. The van der Waals surface area contributed by atoms with Gasteiger partial charge in [-0.3, -0.25) is 4.90 Å². The van der Waals surface area contributed by atoms with Crippen LogP contribution < -0.4 is 9.80 Å². The number of anilines is 5. The Hall–Kier alpha value is -5.94. The molecule has 3 heterocycles. The van der Waals surface area contributed by atoms with E-state index in [1.807, 2.05) is 79.8 Å². The molecule has 0 saturated heterocycles. The molecule has 1 aliphatic rings. The molecular formula is C43H36N4O. The quantitative estimate of drug-likeness (QED) is 0.209. The van der Waals surface area contributed by atoms with Crippen LogP contribution in [0.2, 0.25) is 0 Å². The van der Waals surface area contributed by atoms with Gasteiger partial charge in [-0.05, 0) is 76.2 Å². The molecule has 0 radical (unpaired) electrons. The Kier molecular flexibility index (Phi) is 4.99. The molecule has 2 aromatic heterocycles. The number of rotatable bonds is 4. The SMILES string of the molecule is [2H]C([2H])([2H])C(c1ccc(O)c2nc(-c3cc(-c4ccc(-c5ccccc5)cc4)c4c(c3)N(c3ccccn3)c3ccccc3N4C)ccc12)(C([2H])([2H])[2H])C([2H])([2H])[2H]. The van der Waals surface area contributed by atoms with Crippen molar-refractivity contribution in [2.45, 2.75) is 26.0 Å². The molecule has 1 N–H and O–H groups in total. The highest BCUT2D eigenvalue weighted by Gasteiger charge is 2.31. The first kappa shape index (κ1) is 21.0. The van der Waals surface area contributed by atoms with Crippen molar-refractivity contribution < 1.29 is 17.4 Å². The second-order valence-electron chi connectivity index (χ2n) is 11.9. The van der Waals surface area contributed by atoms with E-state index in [-0.39, 0.29) is 16.7 Å². The molecule has 0 bridgehead atoms. The van der Waals surface area contributed by atoms with Crippen molar-refractivity contribution >= 4 is 39.5 Å². The minimum absolute atomic E-state index is 0.0967. The summed E-state index contributed by atoms with van der Waals surface area (Å²) in [6.45, 7) is -10.5. The summed E-state index contributed by atoms with van der Waals surface area (Å²) in [6.07, 6.45) is 1.73. The van der Waals surface area contributed by atoms with E-state index in [0.717, 1.165) is 57.1 Å². The Balaban J connectivity index is 1.39. The molecule has 0 aliphatic carbocycles. The van der Waals surface area contributed by atoms with Crippen molar-refractivity contribution in [1.29, 1.82) is 0 Å². The minimum Gasteiger partial charge on any atom is -0.506 e. The number of fused-ring (bicyclic) bond motifs is 3. The number of hydrogen-bond donors (Lipinski definition) is 1. The number of benzene rings is 5. The molecule has 0 atom stereocenters. The van der Waals surface area contributed by atoms with Crippen LogP contribution in [0.3, 0.4) is 0 Å². The molecule has 0 saturated carbocycles. The lowest BCUT2D eigenvalue weighted by atomic mass is 9.84. The Labute approximate surface area is 294 Å². The van der Waals surface area contributed by atoms with Gasteiger partial charge in [0.1, 0.15) is 17.1 Å². The zero-order valence-electron chi connectivity index (χ0n) is 35.0. The Morgan fingerprint density at radius 2 is 1.35 bits per heavy atom. The molecule has 0 amide bonds. The van der Waals surface area contributed by atoms with Gasteiger partial charge in [0, 0.05) is 42.1 Å². The summed E-state index contributed by atoms with van der Waals surface area (Å²) < 4.78 is 74.9. The standard InChI is InChI=1S/C43H36N4O/c1-43(2,3)34-22-24-39(48)41-32(34)21-23-35(45-41)31-26-33(30-19-17-29(18-20-30)28-12-6-5-7-13-28)42-38(27-31)47(40-16-10-11-25-44-40)37-15-9-8-14-36(37)46(42)4/h5-27,48H,1-4H3/i1D3,2D3,3D3. The number of para-hydroxylation sites is 2. The summed E-state index contributed by atoms with van der Waals surface area (Å²) in [6, 6.07) is 41.2. The van der Waals surface area contributed by atoms with Crippen molar-refractivity contribution in [3.05, 3.63) is 145 Å². The predicted octanol–water partition coefficient (Wildman–Crippen LogP) is 11.2. The van der Waals surface area contributed by atoms with E-state index >= 15 is 0 Å². The number of phenolic OH excluding ortho intramolecular Hbond substituents is 1. The van der Waals surface area contributed by atoms with E-state index in [9.17, 15) is 5.11 Å². The van der Waals surface area contributed by atoms with E-state index in [4.69, 9.17) is 22.3 Å². The summed E-state index contributed by atoms with van der Waals surface area (Å²) in [7, 11) is 2.01. The van der Waals surface area contributed by atoms with Crippen molar-refractivity contribution in [3.8, 4) is 39.3 Å². The number of aromatic hydroxyl groups is 1. The lowest BCUT2D eigenvalue weighted by Gasteiger charge is -2.39. The van der Waals surface area contributed by atoms with Gasteiger partial charge in [0.2, 0.25) is 0 Å². The van der Waals surface area contributed by atoms with Crippen LogP contribution in [0.1, 0.15) is 38.5 Å². The van der Waals surface area contributed by atoms with Crippen LogP contribution >= 0.6 is 0 Å². The zero-order chi connectivity index (χ0) is 40.5. The van der Waals surface area contributed by atoms with E-state index < -0.39 is 31.5 Å². The van der Waals surface area contributed by atoms with Crippen LogP contribution in [0, 0.1) is 0 Å². The van der Waals surface area contributed by atoms with Crippen molar-refractivity contribution in [1.82, 2.24) is 9.97 Å². The van der Waals surface area contributed by atoms with Gasteiger partial charge < -0.3 is 10.0 Å². The molecule has 5 heteroatoms. The van der Waals surface area contributed by atoms with Crippen LogP contribution in [-0.2, 0) is 5.41 Å². The van der Waals surface area contributed by atoms with E-state index in [0.29, 0.717) is 17.1 Å². The van der Waals surface area contributed by atoms with Gasteiger partial charge >= 0.3 is 0 Å². The smallest absolute Gasteiger partial charge is 0.141 e. The predicted molar refractivity (Wildman–Crippen MR) is 199 cm³/mol. The van der Waals surface area contributed by atoms with Crippen molar-refractivity contribution in [2.24, 2.45) is 0 Å². The number of aromatic nitrogens is 2.